The lowest BCUT2D eigenvalue weighted by atomic mass is 10.1. The summed E-state index contributed by atoms with van der Waals surface area (Å²) in [7, 11) is 0. The van der Waals surface area contributed by atoms with Crippen LogP contribution in [0.1, 0.15) is 32.0 Å². The molecule has 0 spiro atoms. The molecule has 33 heavy (non-hydrogen) atoms. The van der Waals surface area contributed by atoms with Gasteiger partial charge >= 0.3 is 12.3 Å². The van der Waals surface area contributed by atoms with Crippen molar-refractivity contribution in [2.24, 2.45) is 0 Å². The Morgan fingerprint density at radius 3 is 2.09 bits per heavy atom. The molecule has 0 aliphatic rings. The lowest BCUT2D eigenvalue weighted by Gasteiger charge is -2.12. The van der Waals surface area contributed by atoms with E-state index in [1.165, 1.54) is 24.3 Å². The van der Waals surface area contributed by atoms with Crippen LogP contribution in [0.2, 0.25) is 0 Å². The monoisotopic (exact) mass is 458 g/mol. The zero-order valence-electron chi connectivity index (χ0n) is 16.8. The first-order chi connectivity index (χ1) is 15.6. The lowest BCUT2D eigenvalue weighted by molar-refractivity contribution is -0.141. The molecule has 3 amide bonds. The SMILES string of the molecule is O=C(O)NCc1cc(NC(=O)c2cccc(C(=O)Nc3ccccc3)c2)nc(C(F)(F)F)c1. The second-order valence-corrected chi connectivity index (χ2v) is 6.76. The van der Waals surface area contributed by atoms with E-state index in [0.29, 0.717) is 11.8 Å². The van der Waals surface area contributed by atoms with E-state index in [2.05, 4.69) is 15.6 Å². The Labute approximate surface area is 185 Å². The maximum atomic E-state index is 13.2. The number of benzene rings is 2. The summed E-state index contributed by atoms with van der Waals surface area (Å²) in [6.07, 6.45) is -6.23. The maximum absolute atomic E-state index is 13.2. The number of carbonyl (C=O) groups is 3. The Hall–Kier alpha value is -4.41. The number of carboxylic acid groups (broad SMARTS) is 1. The molecule has 0 saturated heterocycles. The summed E-state index contributed by atoms with van der Waals surface area (Å²) in [6, 6.07) is 16.0. The van der Waals surface area contributed by atoms with Crippen molar-refractivity contribution >= 4 is 29.4 Å². The maximum Gasteiger partial charge on any atom is 0.433 e. The molecule has 0 bridgehead atoms. The fraction of sp³-hybridized carbons (Fsp3) is 0.0909. The van der Waals surface area contributed by atoms with Crippen LogP contribution in [0.4, 0.5) is 29.5 Å². The average Bonchev–Trinajstić information content (AvgIpc) is 2.77. The number of halogens is 3. The number of amides is 3. The van der Waals surface area contributed by atoms with E-state index in [4.69, 9.17) is 5.11 Å². The van der Waals surface area contributed by atoms with Crippen molar-refractivity contribution in [1.82, 2.24) is 10.3 Å². The predicted octanol–water partition coefficient (Wildman–Crippen LogP) is 4.37. The van der Waals surface area contributed by atoms with Crippen LogP contribution in [0.3, 0.4) is 0 Å². The number of aromatic nitrogens is 1. The van der Waals surface area contributed by atoms with Gasteiger partial charge in [-0.15, -0.1) is 0 Å². The van der Waals surface area contributed by atoms with Crippen molar-refractivity contribution in [2.75, 3.05) is 10.6 Å². The molecule has 1 aromatic heterocycles. The van der Waals surface area contributed by atoms with Gasteiger partial charge in [0, 0.05) is 23.4 Å². The molecule has 4 N–H and O–H groups in total. The number of anilines is 2. The van der Waals surface area contributed by atoms with Crippen molar-refractivity contribution in [3.8, 4) is 0 Å². The summed E-state index contributed by atoms with van der Waals surface area (Å²) in [4.78, 5) is 39.1. The van der Waals surface area contributed by atoms with Gasteiger partial charge in [-0.3, -0.25) is 9.59 Å². The van der Waals surface area contributed by atoms with Crippen molar-refractivity contribution in [3.63, 3.8) is 0 Å². The minimum absolute atomic E-state index is 0.0140. The van der Waals surface area contributed by atoms with Gasteiger partial charge in [0.15, 0.2) is 0 Å². The van der Waals surface area contributed by atoms with Gasteiger partial charge in [0.25, 0.3) is 11.8 Å². The Bertz CT molecular complexity index is 1180. The number of hydrogen-bond acceptors (Lipinski definition) is 4. The topological polar surface area (TPSA) is 120 Å². The molecule has 170 valence electrons. The number of hydrogen-bond donors (Lipinski definition) is 4. The molecule has 2 aromatic carbocycles. The molecule has 8 nitrogen and oxygen atoms in total. The predicted molar refractivity (Wildman–Crippen MR) is 113 cm³/mol. The van der Waals surface area contributed by atoms with E-state index in [1.54, 1.807) is 30.3 Å². The third-order valence-electron chi connectivity index (χ3n) is 4.28. The van der Waals surface area contributed by atoms with Crippen molar-refractivity contribution < 1.29 is 32.7 Å². The summed E-state index contributed by atoms with van der Waals surface area (Å²) < 4.78 is 39.5. The molecule has 0 unspecified atom stereocenters. The highest BCUT2D eigenvalue weighted by atomic mass is 19.4. The molecular weight excluding hydrogens is 441 g/mol. The van der Waals surface area contributed by atoms with Gasteiger partial charge < -0.3 is 21.1 Å². The molecular formula is C22H17F3N4O4. The van der Waals surface area contributed by atoms with Gasteiger partial charge in [-0.25, -0.2) is 9.78 Å². The summed E-state index contributed by atoms with van der Waals surface area (Å²) in [5.74, 6) is -1.69. The standard InChI is InChI=1S/C22H17F3N4O4/c23-22(24,25)17-9-13(12-26-21(32)33)10-18(28-17)29-20(31)15-6-4-5-14(11-15)19(30)27-16-7-2-1-3-8-16/h1-11,26H,12H2,(H,27,30)(H,32,33)(H,28,29,31). The number of rotatable bonds is 6. The Balaban J connectivity index is 1.80. The molecule has 0 saturated carbocycles. The minimum atomic E-state index is -4.81. The lowest BCUT2D eigenvalue weighted by Crippen LogP contribution is -2.22. The van der Waals surface area contributed by atoms with E-state index < -0.39 is 42.1 Å². The fourth-order valence-electron chi connectivity index (χ4n) is 2.79. The Kier molecular flexibility index (Phi) is 6.91. The zero-order chi connectivity index (χ0) is 24.0. The van der Waals surface area contributed by atoms with Crippen molar-refractivity contribution in [3.05, 3.63) is 89.1 Å². The zero-order valence-corrected chi connectivity index (χ0v) is 16.8. The number of nitrogens with one attached hydrogen (secondary N) is 3. The van der Waals surface area contributed by atoms with Crippen LogP contribution in [0.25, 0.3) is 0 Å². The minimum Gasteiger partial charge on any atom is -0.465 e. The Morgan fingerprint density at radius 1 is 0.848 bits per heavy atom. The number of para-hydroxylation sites is 1. The van der Waals surface area contributed by atoms with E-state index in [0.717, 1.165) is 6.07 Å². The first-order valence-corrected chi connectivity index (χ1v) is 9.44. The molecule has 0 atom stereocenters. The number of pyridine rings is 1. The van der Waals surface area contributed by atoms with Crippen LogP contribution < -0.4 is 16.0 Å². The molecule has 0 fully saturated rings. The quantitative estimate of drug-likeness (QED) is 0.437. The molecule has 3 aromatic rings. The number of nitrogens with zero attached hydrogens (tertiary/aromatic N) is 1. The molecule has 0 radical (unpaired) electrons. The second kappa shape index (κ2) is 9.81. The third-order valence-corrected chi connectivity index (χ3v) is 4.28. The molecule has 0 aliphatic heterocycles. The normalized spacial score (nSPS) is 10.9. The fourth-order valence-corrected chi connectivity index (χ4v) is 2.79. The van der Waals surface area contributed by atoms with Crippen LogP contribution in [0.5, 0.6) is 0 Å². The van der Waals surface area contributed by atoms with E-state index in [1.807, 2.05) is 5.32 Å². The second-order valence-electron chi connectivity index (χ2n) is 6.76. The molecule has 0 aliphatic carbocycles. The van der Waals surface area contributed by atoms with Gasteiger partial charge in [0.05, 0.1) is 0 Å². The van der Waals surface area contributed by atoms with Gasteiger partial charge in [-0.05, 0) is 48.0 Å². The van der Waals surface area contributed by atoms with Crippen LogP contribution in [0, 0.1) is 0 Å². The highest BCUT2D eigenvalue weighted by molar-refractivity contribution is 6.08. The molecule has 11 heteroatoms. The molecule has 3 rings (SSSR count). The Morgan fingerprint density at radius 2 is 1.48 bits per heavy atom. The van der Waals surface area contributed by atoms with Gasteiger partial charge in [-0.1, -0.05) is 24.3 Å². The summed E-state index contributed by atoms with van der Waals surface area (Å²) in [6.45, 7) is -0.418. The van der Waals surface area contributed by atoms with Gasteiger partial charge in [0.1, 0.15) is 11.5 Å². The van der Waals surface area contributed by atoms with Gasteiger partial charge in [0.2, 0.25) is 0 Å². The first-order valence-electron chi connectivity index (χ1n) is 9.44. The van der Waals surface area contributed by atoms with Crippen molar-refractivity contribution in [2.45, 2.75) is 12.7 Å². The van der Waals surface area contributed by atoms with Crippen LogP contribution >= 0.6 is 0 Å². The third kappa shape index (κ3) is 6.53. The van der Waals surface area contributed by atoms with E-state index in [-0.39, 0.29) is 16.7 Å². The van der Waals surface area contributed by atoms with Crippen LogP contribution in [-0.2, 0) is 12.7 Å². The summed E-state index contributed by atoms with van der Waals surface area (Å²) in [5, 5.41) is 15.6. The number of alkyl halides is 3. The summed E-state index contributed by atoms with van der Waals surface area (Å²) >= 11 is 0. The average molecular weight is 458 g/mol. The van der Waals surface area contributed by atoms with Crippen LogP contribution in [0.15, 0.2) is 66.7 Å². The van der Waals surface area contributed by atoms with Gasteiger partial charge in [-0.2, -0.15) is 13.2 Å². The van der Waals surface area contributed by atoms with Crippen molar-refractivity contribution in [1.29, 1.82) is 0 Å². The summed E-state index contributed by atoms with van der Waals surface area (Å²) in [5.41, 5.74) is -0.618. The first kappa shape index (κ1) is 23.3. The smallest absolute Gasteiger partial charge is 0.433 e. The molecule has 1 heterocycles. The van der Waals surface area contributed by atoms with Crippen LogP contribution in [-0.4, -0.2) is 28.0 Å². The number of carbonyl (C=O) groups excluding carboxylic acids is 2. The largest absolute Gasteiger partial charge is 0.465 e. The highest BCUT2D eigenvalue weighted by Gasteiger charge is 2.33. The van der Waals surface area contributed by atoms with E-state index in [9.17, 15) is 27.6 Å². The van der Waals surface area contributed by atoms with E-state index >= 15 is 0 Å². The highest BCUT2D eigenvalue weighted by Crippen LogP contribution is 2.29.